The van der Waals surface area contributed by atoms with Crippen molar-refractivity contribution in [2.24, 2.45) is 5.92 Å². The van der Waals surface area contributed by atoms with E-state index in [-0.39, 0.29) is 18.4 Å². The molecule has 0 bridgehead atoms. The van der Waals surface area contributed by atoms with E-state index in [1.165, 1.54) is 16.9 Å². The number of carboxylic acids is 1. The average molecular weight is 372 g/mol. The molecule has 0 radical (unpaired) electrons. The molecule has 2 atom stereocenters. The van der Waals surface area contributed by atoms with E-state index in [4.69, 9.17) is 0 Å². The number of carbonyl (C=O) groups excluding carboxylic acids is 1. The summed E-state index contributed by atoms with van der Waals surface area (Å²) in [7, 11) is 0. The Kier molecular flexibility index (Phi) is 5.71. The molecule has 1 amide bonds. The number of nitrogens with zero attached hydrogens (tertiary/aromatic N) is 2. The number of piperidine rings is 1. The number of carbonyl (C=O) groups is 2. The Balaban J connectivity index is 1.67. The maximum Gasteiger partial charge on any atom is 0.308 e. The smallest absolute Gasteiger partial charge is 0.308 e. The van der Waals surface area contributed by atoms with Crippen LogP contribution in [0.3, 0.4) is 0 Å². The molecule has 5 nitrogen and oxygen atoms in total. The first-order valence-electron chi connectivity index (χ1n) is 9.04. The van der Waals surface area contributed by atoms with E-state index < -0.39 is 11.9 Å². The summed E-state index contributed by atoms with van der Waals surface area (Å²) >= 11 is 1.54. The molecule has 6 heteroatoms. The van der Waals surface area contributed by atoms with Gasteiger partial charge in [0.15, 0.2) is 0 Å². The number of carboxylic acid groups (broad SMARTS) is 1. The molecule has 1 aromatic heterocycles. The van der Waals surface area contributed by atoms with Crippen LogP contribution in [0.1, 0.15) is 37.9 Å². The molecule has 0 spiro atoms. The number of hydrogen-bond donors (Lipinski definition) is 1. The fourth-order valence-corrected chi connectivity index (χ4v) is 4.14. The lowest BCUT2D eigenvalue weighted by molar-refractivity contribution is -0.147. The SMILES string of the molecule is CCc1ccc(-c2nc(CC(=O)N3CC(C(=O)O)CCC3C)cs2)cc1. The van der Waals surface area contributed by atoms with Gasteiger partial charge in [0.1, 0.15) is 5.01 Å². The normalized spacial score (nSPS) is 20.2. The Morgan fingerprint density at radius 1 is 1.27 bits per heavy atom. The molecular formula is C20H24N2O3S. The molecule has 1 aromatic carbocycles. The van der Waals surface area contributed by atoms with E-state index in [1.807, 2.05) is 12.3 Å². The number of hydrogen-bond acceptors (Lipinski definition) is 4. The van der Waals surface area contributed by atoms with E-state index in [0.717, 1.165) is 29.1 Å². The summed E-state index contributed by atoms with van der Waals surface area (Å²) < 4.78 is 0. The lowest BCUT2D eigenvalue weighted by Crippen LogP contribution is -2.47. The van der Waals surface area contributed by atoms with Crippen molar-refractivity contribution < 1.29 is 14.7 Å². The maximum absolute atomic E-state index is 12.7. The van der Waals surface area contributed by atoms with Gasteiger partial charge in [0.25, 0.3) is 0 Å². The number of benzene rings is 1. The molecular weight excluding hydrogens is 348 g/mol. The van der Waals surface area contributed by atoms with Gasteiger partial charge in [-0.05, 0) is 31.7 Å². The molecule has 1 aliphatic rings. The second-order valence-corrected chi connectivity index (χ2v) is 7.74. The molecule has 0 aliphatic carbocycles. The molecule has 138 valence electrons. The van der Waals surface area contributed by atoms with Crippen LogP contribution in [0, 0.1) is 5.92 Å². The first-order chi connectivity index (χ1) is 12.5. The fraction of sp³-hybridized carbons (Fsp3) is 0.450. The number of amides is 1. The Bertz CT molecular complexity index is 785. The lowest BCUT2D eigenvalue weighted by atomic mass is 9.93. The second-order valence-electron chi connectivity index (χ2n) is 6.88. The predicted octanol–water partition coefficient (Wildman–Crippen LogP) is 3.63. The molecule has 1 aliphatic heterocycles. The van der Waals surface area contributed by atoms with Gasteiger partial charge in [-0.15, -0.1) is 11.3 Å². The van der Waals surface area contributed by atoms with Gasteiger partial charge in [-0.2, -0.15) is 0 Å². The Hall–Kier alpha value is -2.21. The van der Waals surface area contributed by atoms with Crippen LogP contribution in [0.4, 0.5) is 0 Å². The standard InChI is InChI=1S/C20H24N2O3S/c1-3-14-5-8-15(9-6-14)19-21-17(12-26-19)10-18(23)22-11-16(20(24)25)7-4-13(22)2/h5-6,8-9,12-13,16H,3-4,7,10-11H2,1-2H3,(H,24,25). The largest absolute Gasteiger partial charge is 0.481 e. The number of aryl methyl sites for hydroxylation is 1. The predicted molar refractivity (Wildman–Crippen MR) is 102 cm³/mol. The van der Waals surface area contributed by atoms with Crippen molar-refractivity contribution in [3.8, 4) is 10.6 Å². The van der Waals surface area contributed by atoms with Gasteiger partial charge in [0.05, 0.1) is 18.0 Å². The van der Waals surface area contributed by atoms with Crippen molar-refractivity contribution in [3.05, 3.63) is 40.9 Å². The van der Waals surface area contributed by atoms with Crippen LogP contribution in [-0.2, 0) is 22.4 Å². The van der Waals surface area contributed by atoms with Gasteiger partial charge in [-0.1, -0.05) is 31.2 Å². The van der Waals surface area contributed by atoms with Crippen molar-refractivity contribution in [2.45, 2.75) is 45.6 Å². The highest BCUT2D eigenvalue weighted by Crippen LogP contribution is 2.26. The zero-order chi connectivity index (χ0) is 18.7. The highest BCUT2D eigenvalue weighted by Gasteiger charge is 2.32. The van der Waals surface area contributed by atoms with Crippen LogP contribution in [0.2, 0.25) is 0 Å². The van der Waals surface area contributed by atoms with Crippen molar-refractivity contribution >= 4 is 23.2 Å². The summed E-state index contributed by atoms with van der Waals surface area (Å²) in [5, 5.41) is 12.1. The van der Waals surface area contributed by atoms with Crippen LogP contribution in [0.25, 0.3) is 10.6 Å². The quantitative estimate of drug-likeness (QED) is 0.870. The van der Waals surface area contributed by atoms with Crippen LogP contribution < -0.4 is 0 Å². The van der Waals surface area contributed by atoms with E-state index in [2.05, 4.69) is 36.2 Å². The summed E-state index contributed by atoms with van der Waals surface area (Å²) in [4.78, 5) is 30.2. The number of aliphatic carboxylic acids is 1. The molecule has 2 heterocycles. The lowest BCUT2D eigenvalue weighted by Gasteiger charge is -2.36. The van der Waals surface area contributed by atoms with Gasteiger partial charge in [0.2, 0.25) is 5.91 Å². The zero-order valence-electron chi connectivity index (χ0n) is 15.1. The van der Waals surface area contributed by atoms with Crippen molar-refractivity contribution in [1.29, 1.82) is 0 Å². The third kappa shape index (κ3) is 4.12. The van der Waals surface area contributed by atoms with E-state index in [0.29, 0.717) is 13.0 Å². The molecule has 0 saturated carbocycles. The van der Waals surface area contributed by atoms with Crippen LogP contribution in [0.5, 0.6) is 0 Å². The number of likely N-dealkylation sites (tertiary alicyclic amines) is 1. The summed E-state index contributed by atoms with van der Waals surface area (Å²) in [6.07, 6.45) is 2.59. The van der Waals surface area contributed by atoms with Crippen LogP contribution in [0.15, 0.2) is 29.6 Å². The third-order valence-corrected chi connectivity index (χ3v) is 5.99. The first-order valence-corrected chi connectivity index (χ1v) is 9.92. The maximum atomic E-state index is 12.7. The Morgan fingerprint density at radius 2 is 2.00 bits per heavy atom. The monoisotopic (exact) mass is 372 g/mol. The summed E-state index contributed by atoms with van der Waals surface area (Å²) in [6, 6.07) is 8.41. The first kappa shape index (κ1) is 18.6. The van der Waals surface area contributed by atoms with E-state index >= 15 is 0 Å². The molecule has 1 fully saturated rings. The van der Waals surface area contributed by atoms with Crippen LogP contribution in [-0.4, -0.2) is 39.5 Å². The van der Waals surface area contributed by atoms with Gasteiger partial charge in [-0.25, -0.2) is 4.98 Å². The molecule has 2 aromatic rings. The van der Waals surface area contributed by atoms with Gasteiger partial charge in [0, 0.05) is 23.5 Å². The van der Waals surface area contributed by atoms with Crippen LogP contribution >= 0.6 is 11.3 Å². The van der Waals surface area contributed by atoms with Crippen molar-refractivity contribution in [1.82, 2.24) is 9.88 Å². The summed E-state index contributed by atoms with van der Waals surface area (Å²) in [5.74, 6) is -1.32. The highest BCUT2D eigenvalue weighted by atomic mass is 32.1. The molecule has 1 N–H and O–H groups in total. The van der Waals surface area contributed by atoms with Gasteiger partial charge in [-0.3, -0.25) is 9.59 Å². The van der Waals surface area contributed by atoms with Gasteiger partial charge >= 0.3 is 5.97 Å². The van der Waals surface area contributed by atoms with Gasteiger partial charge < -0.3 is 10.0 Å². The number of aromatic nitrogens is 1. The fourth-order valence-electron chi connectivity index (χ4n) is 3.32. The molecule has 26 heavy (non-hydrogen) atoms. The van der Waals surface area contributed by atoms with E-state index in [1.54, 1.807) is 4.90 Å². The zero-order valence-corrected chi connectivity index (χ0v) is 16.0. The Morgan fingerprint density at radius 3 is 2.65 bits per heavy atom. The minimum Gasteiger partial charge on any atom is -0.481 e. The van der Waals surface area contributed by atoms with Crippen molar-refractivity contribution in [2.75, 3.05) is 6.54 Å². The minimum atomic E-state index is -0.818. The number of thiazole rings is 1. The second kappa shape index (κ2) is 7.99. The highest BCUT2D eigenvalue weighted by molar-refractivity contribution is 7.13. The Labute approximate surface area is 157 Å². The molecule has 2 unspecified atom stereocenters. The summed E-state index contributed by atoms with van der Waals surface area (Å²) in [5.41, 5.74) is 3.09. The summed E-state index contributed by atoms with van der Waals surface area (Å²) in [6.45, 7) is 4.40. The topological polar surface area (TPSA) is 70.5 Å². The minimum absolute atomic E-state index is 0.0402. The number of rotatable bonds is 5. The molecule has 1 saturated heterocycles. The van der Waals surface area contributed by atoms with E-state index in [9.17, 15) is 14.7 Å². The third-order valence-electron chi connectivity index (χ3n) is 5.04. The average Bonchev–Trinajstić information content (AvgIpc) is 3.10. The molecule has 3 rings (SSSR count). The van der Waals surface area contributed by atoms with Crippen molar-refractivity contribution in [3.63, 3.8) is 0 Å².